The summed E-state index contributed by atoms with van der Waals surface area (Å²) in [4.78, 5) is 0.363. The maximum absolute atomic E-state index is 12.5. The van der Waals surface area contributed by atoms with Crippen LogP contribution < -0.4 is 10.0 Å². The number of thioether (sulfide) groups is 1. The Morgan fingerprint density at radius 3 is 2.86 bits per heavy atom. The summed E-state index contributed by atoms with van der Waals surface area (Å²) in [5, 5.41) is 3.61. The fraction of sp³-hybridized carbons (Fsp3) is 0.600. The lowest BCUT2D eigenvalue weighted by Crippen LogP contribution is -2.39. The highest BCUT2D eigenvalue weighted by Gasteiger charge is 2.26. The van der Waals surface area contributed by atoms with Crippen LogP contribution >= 0.6 is 11.8 Å². The van der Waals surface area contributed by atoms with E-state index in [-0.39, 0.29) is 6.04 Å². The van der Waals surface area contributed by atoms with Gasteiger partial charge in [-0.3, -0.25) is 0 Å². The van der Waals surface area contributed by atoms with E-state index in [4.69, 9.17) is 0 Å². The lowest BCUT2D eigenvalue weighted by Gasteiger charge is -2.28. The molecule has 1 aromatic carbocycles. The lowest BCUT2D eigenvalue weighted by atomic mass is 9.96. The Kier molecular flexibility index (Phi) is 6.10. The highest BCUT2D eigenvalue weighted by Crippen LogP contribution is 2.27. The van der Waals surface area contributed by atoms with Crippen molar-refractivity contribution >= 4 is 21.8 Å². The van der Waals surface area contributed by atoms with Gasteiger partial charge in [0, 0.05) is 17.8 Å². The van der Waals surface area contributed by atoms with Crippen molar-refractivity contribution < 1.29 is 8.42 Å². The molecule has 0 amide bonds. The Bertz CT molecular complexity index is 561. The summed E-state index contributed by atoms with van der Waals surface area (Å²) in [5.74, 6) is 0. The molecule has 6 heteroatoms. The topological polar surface area (TPSA) is 58.2 Å². The molecule has 118 valence electrons. The second-order valence-electron chi connectivity index (χ2n) is 5.52. The molecule has 0 aliphatic heterocycles. The van der Waals surface area contributed by atoms with E-state index < -0.39 is 10.0 Å². The van der Waals surface area contributed by atoms with Crippen LogP contribution in [0.2, 0.25) is 0 Å². The van der Waals surface area contributed by atoms with Gasteiger partial charge in [-0.1, -0.05) is 18.6 Å². The van der Waals surface area contributed by atoms with Crippen LogP contribution in [0.4, 0.5) is 0 Å². The SMILES string of the molecule is CNCc1cccc(S(=O)(=O)NC2CCCC(SC)C2)c1. The smallest absolute Gasteiger partial charge is 0.240 e. The van der Waals surface area contributed by atoms with Gasteiger partial charge in [-0.2, -0.15) is 11.8 Å². The summed E-state index contributed by atoms with van der Waals surface area (Å²) in [6, 6.07) is 7.20. The number of sulfonamides is 1. The molecule has 1 aliphatic rings. The summed E-state index contributed by atoms with van der Waals surface area (Å²) in [7, 11) is -1.57. The average Bonchev–Trinajstić information content (AvgIpc) is 2.48. The van der Waals surface area contributed by atoms with E-state index in [1.165, 1.54) is 6.42 Å². The Balaban J connectivity index is 2.09. The second-order valence-corrected chi connectivity index (χ2v) is 8.37. The number of rotatable bonds is 6. The standard InChI is InChI=1S/C15H24N2O2S2/c1-16-11-12-5-3-8-15(9-12)21(18,19)17-13-6-4-7-14(10-13)20-2/h3,5,8-9,13-14,16-17H,4,6-7,10-11H2,1-2H3. The number of hydrogen-bond donors (Lipinski definition) is 2. The third-order valence-electron chi connectivity index (χ3n) is 3.87. The quantitative estimate of drug-likeness (QED) is 0.842. The Hall–Kier alpha value is -0.560. The molecule has 2 N–H and O–H groups in total. The molecular weight excluding hydrogens is 304 g/mol. The first kappa shape index (κ1) is 16.8. The van der Waals surface area contributed by atoms with Crippen LogP contribution in [-0.4, -0.2) is 33.0 Å². The van der Waals surface area contributed by atoms with Crippen LogP contribution in [-0.2, 0) is 16.6 Å². The molecule has 0 bridgehead atoms. The van der Waals surface area contributed by atoms with Crippen molar-refractivity contribution in [1.82, 2.24) is 10.0 Å². The zero-order valence-electron chi connectivity index (χ0n) is 12.6. The van der Waals surface area contributed by atoms with Crippen molar-refractivity contribution in [2.75, 3.05) is 13.3 Å². The molecule has 1 aromatic rings. The maximum Gasteiger partial charge on any atom is 0.240 e. The first-order valence-electron chi connectivity index (χ1n) is 7.34. The minimum Gasteiger partial charge on any atom is -0.316 e. The monoisotopic (exact) mass is 328 g/mol. The molecule has 21 heavy (non-hydrogen) atoms. The van der Waals surface area contributed by atoms with E-state index in [1.54, 1.807) is 18.2 Å². The van der Waals surface area contributed by atoms with E-state index in [0.717, 1.165) is 24.8 Å². The molecule has 1 aliphatic carbocycles. The molecule has 4 nitrogen and oxygen atoms in total. The van der Waals surface area contributed by atoms with Crippen molar-refractivity contribution in [2.24, 2.45) is 0 Å². The summed E-state index contributed by atoms with van der Waals surface area (Å²) < 4.78 is 27.9. The van der Waals surface area contributed by atoms with Gasteiger partial charge in [0.05, 0.1) is 4.90 Å². The molecule has 2 atom stereocenters. The van der Waals surface area contributed by atoms with E-state index in [0.29, 0.717) is 16.7 Å². The molecule has 0 spiro atoms. The normalized spacial score (nSPS) is 23.1. The largest absolute Gasteiger partial charge is 0.316 e. The first-order valence-corrected chi connectivity index (χ1v) is 10.1. The van der Waals surface area contributed by atoms with Crippen molar-refractivity contribution in [3.63, 3.8) is 0 Å². The third kappa shape index (κ3) is 4.71. The number of hydrogen-bond acceptors (Lipinski definition) is 4. The Morgan fingerprint density at radius 2 is 2.14 bits per heavy atom. The summed E-state index contributed by atoms with van der Waals surface area (Å²) in [6.45, 7) is 0.668. The molecule has 2 rings (SSSR count). The highest BCUT2D eigenvalue weighted by molar-refractivity contribution is 7.99. The van der Waals surface area contributed by atoms with Crippen LogP contribution in [0.25, 0.3) is 0 Å². The summed E-state index contributed by atoms with van der Waals surface area (Å²) >= 11 is 1.84. The molecule has 0 saturated heterocycles. The van der Waals surface area contributed by atoms with Gasteiger partial charge >= 0.3 is 0 Å². The van der Waals surface area contributed by atoms with Crippen molar-refractivity contribution in [3.8, 4) is 0 Å². The molecule has 1 saturated carbocycles. The maximum atomic E-state index is 12.5. The second kappa shape index (κ2) is 7.63. The van der Waals surface area contributed by atoms with E-state index in [2.05, 4.69) is 16.3 Å². The van der Waals surface area contributed by atoms with Gasteiger partial charge in [-0.15, -0.1) is 0 Å². The van der Waals surface area contributed by atoms with E-state index in [1.807, 2.05) is 24.9 Å². The molecule has 0 radical (unpaired) electrons. The van der Waals surface area contributed by atoms with Gasteiger partial charge in [-0.25, -0.2) is 13.1 Å². The zero-order chi connectivity index (χ0) is 15.3. The van der Waals surface area contributed by atoms with Crippen molar-refractivity contribution in [2.45, 2.75) is 48.4 Å². The number of nitrogens with one attached hydrogen (secondary N) is 2. The minimum atomic E-state index is -3.42. The van der Waals surface area contributed by atoms with Crippen molar-refractivity contribution in [1.29, 1.82) is 0 Å². The lowest BCUT2D eigenvalue weighted by molar-refractivity contribution is 0.421. The molecule has 0 heterocycles. The molecule has 2 unspecified atom stereocenters. The van der Waals surface area contributed by atoms with Gasteiger partial charge in [-0.05, 0) is 50.3 Å². The fourth-order valence-corrected chi connectivity index (χ4v) is 4.96. The van der Waals surface area contributed by atoms with Crippen molar-refractivity contribution in [3.05, 3.63) is 29.8 Å². The first-order chi connectivity index (χ1) is 10.0. The van der Waals surface area contributed by atoms with Crippen LogP contribution in [0.1, 0.15) is 31.2 Å². The molecule has 0 aromatic heterocycles. The number of benzene rings is 1. The van der Waals surface area contributed by atoms with Crippen LogP contribution in [0.3, 0.4) is 0 Å². The highest BCUT2D eigenvalue weighted by atomic mass is 32.2. The van der Waals surface area contributed by atoms with Gasteiger partial charge in [0.2, 0.25) is 10.0 Å². The Labute approximate surface area is 132 Å². The Morgan fingerprint density at radius 1 is 1.33 bits per heavy atom. The molecular formula is C15H24N2O2S2. The average molecular weight is 329 g/mol. The van der Waals surface area contributed by atoms with E-state index >= 15 is 0 Å². The van der Waals surface area contributed by atoms with Crippen LogP contribution in [0, 0.1) is 0 Å². The van der Waals surface area contributed by atoms with E-state index in [9.17, 15) is 8.42 Å². The molecule has 1 fully saturated rings. The van der Waals surface area contributed by atoms with Gasteiger partial charge in [0.15, 0.2) is 0 Å². The summed E-state index contributed by atoms with van der Waals surface area (Å²) in [5.41, 5.74) is 0.978. The fourth-order valence-electron chi connectivity index (χ4n) is 2.78. The summed E-state index contributed by atoms with van der Waals surface area (Å²) in [6.07, 6.45) is 6.25. The minimum absolute atomic E-state index is 0.0640. The van der Waals surface area contributed by atoms with Gasteiger partial charge < -0.3 is 5.32 Å². The predicted molar refractivity (Wildman–Crippen MR) is 89.1 cm³/mol. The van der Waals surface area contributed by atoms with Gasteiger partial charge in [0.25, 0.3) is 0 Å². The predicted octanol–water partition coefficient (Wildman–Crippen LogP) is 2.36. The van der Waals surface area contributed by atoms with Crippen LogP contribution in [0.5, 0.6) is 0 Å². The zero-order valence-corrected chi connectivity index (χ0v) is 14.3. The third-order valence-corrected chi connectivity index (χ3v) is 6.48. The van der Waals surface area contributed by atoms with Gasteiger partial charge in [0.1, 0.15) is 0 Å². The van der Waals surface area contributed by atoms with Crippen LogP contribution in [0.15, 0.2) is 29.2 Å².